The van der Waals surface area contributed by atoms with Crippen LogP contribution in [0.15, 0.2) is 77.3 Å². The number of amides is 2. The zero-order valence-corrected chi connectivity index (χ0v) is 17.6. The van der Waals surface area contributed by atoms with Crippen molar-refractivity contribution in [2.24, 2.45) is 0 Å². The normalized spacial score (nSPS) is 15.8. The summed E-state index contributed by atoms with van der Waals surface area (Å²) in [6, 6.07) is 21.5. The molecular formula is C24H19BrFN3O. The van der Waals surface area contributed by atoms with E-state index in [-0.39, 0.29) is 17.9 Å². The molecule has 1 aliphatic rings. The van der Waals surface area contributed by atoms with E-state index in [4.69, 9.17) is 0 Å². The van der Waals surface area contributed by atoms with Crippen molar-refractivity contribution in [2.45, 2.75) is 12.5 Å². The third-order valence-electron chi connectivity index (χ3n) is 5.58. The minimum atomic E-state index is -0.322. The monoisotopic (exact) mass is 463 g/mol. The van der Waals surface area contributed by atoms with Crippen LogP contribution < -0.4 is 5.32 Å². The van der Waals surface area contributed by atoms with Crippen LogP contribution in [0.4, 0.5) is 14.9 Å². The molecule has 4 aromatic rings. The number of anilines is 1. The molecule has 2 heterocycles. The molecule has 0 aliphatic carbocycles. The molecule has 0 radical (unpaired) electrons. The van der Waals surface area contributed by atoms with Gasteiger partial charge in [-0.3, -0.25) is 0 Å². The van der Waals surface area contributed by atoms with Crippen LogP contribution in [0.25, 0.3) is 10.9 Å². The Labute approximate surface area is 181 Å². The average Bonchev–Trinajstić information content (AvgIpc) is 3.14. The standard InChI is InChI=1S/C24H19BrFN3O/c25-16-7-11-18(12-8-16)27-24(30)29-14-13-20-19-3-1-2-4-21(19)28-22(20)23(29)15-5-9-17(26)10-6-15/h1-12,23,28H,13-14H2,(H,27,30). The van der Waals surface area contributed by atoms with Crippen molar-refractivity contribution in [3.8, 4) is 0 Å². The molecule has 5 rings (SSSR count). The summed E-state index contributed by atoms with van der Waals surface area (Å²) in [5, 5.41) is 4.17. The van der Waals surface area contributed by atoms with Crippen molar-refractivity contribution >= 4 is 38.6 Å². The Morgan fingerprint density at radius 3 is 2.53 bits per heavy atom. The first-order valence-corrected chi connectivity index (χ1v) is 10.6. The first-order chi connectivity index (χ1) is 14.6. The van der Waals surface area contributed by atoms with E-state index in [0.29, 0.717) is 6.54 Å². The van der Waals surface area contributed by atoms with Crippen LogP contribution >= 0.6 is 15.9 Å². The highest BCUT2D eigenvalue weighted by Crippen LogP contribution is 2.38. The highest BCUT2D eigenvalue weighted by Gasteiger charge is 2.34. The van der Waals surface area contributed by atoms with Crippen molar-refractivity contribution in [1.82, 2.24) is 9.88 Å². The van der Waals surface area contributed by atoms with E-state index >= 15 is 0 Å². The van der Waals surface area contributed by atoms with E-state index in [1.807, 2.05) is 47.4 Å². The van der Waals surface area contributed by atoms with E-state index < -0.39 is 0 Å². The molecule has 0 spiro atoms. The number of aromatic nitrogens is 1. The quantitative estimate of drug-likeness (QED) is 0.362. The maximum atomic E-state index is 13.6. The van der Waals surface area contributed by atoms with Gasteiger partial charge < -0.3 is 15.2 Å². The molecule has 150 valence electrons. The fourth-order valence-corrected chi connectivity index (χ4v) is 4.44. The molecule has 6 heteroatoms. The number of aromatic amines is 1. The van der Waals surface area contributed by atoms with Gasteiger partial charge in [-0.15, -0.1) is 0 Å². The van der Waals surface area contributed by atoms with Crippen LogP contribution in [-0.4, -0.2) is 22.5 Å². The summed E-state index contributed by atoms with van der Waals surface area (Å²) in [5.41, 5.74) is 4.84. The molecule has 4 nitrogen and oxygen atoms in total. The van der Waals surface area contributed by atoms with Gasteiger partial charge in [0.1, 0.15) is 5.82 Å². The molecule has 0 saturated heterocycles. The summed E-state index contributed by atoms with van der Waals surface area (Å²) in [6.45, 7) is 0.569. The number of nitrogens with one attached hydrogen (secondary N) is 2. The first kappa shape index (κ1) is 18.9. The van der Waals surface area contributed by atoms with Gasteiger partial charge in [0.2, 0.25) is 0 Å². The van der Waals surface area contributed by atoms with Crippen LogP contribution in [0, 0.1) is 5.82 Å². The highest BCUT2D eigenvalue weighted by molar-refractivity contribution is 9.10. The molecule has 3 aromatic carbocycles. The lowest BCUT2D eigenvalue weighted by atomic mass is 9.92. The zero-order valence-electron chi connectivity index (χ0n) is 16.0. The van der Waals surface area contributed by atoms with Gasteiger partial charge in [-0.1, -0.05) is 46.3 Å². The number of hydrogen-bond acceptors (Lipinski definition) is 1. The summed E-state index contributed by atoms with van der Waals surface area (Å²) in [5.74, 6) is -0.294. The van der Waals surface area contributed by atoms with E-state index in [2.05, 4.69) is 32.3 Å². The van der Waals surface area contributed by atoms with Gasteiger partial charge in [-0.25, -0.2) is 9.18 Å². The lowest BCUT2D eigenvalue weighted by Gasteiger charge is -2.36. The van der Waals surface area contributed by atoms with Crippen molar-refractivity contribution in [3.05, 3.63) is 99.9 Å². The minimum Gasteiger partial charge on any atom is -0.356 e. The Balaban J connectivity index is 1.56. The largest absolute Gasteiger partial charge is 0.356 e. The van der Waals surface area contributed by atoms with Gasteiger partial charge in [-0.05, 0) is 60.0 Å². The molecule has 0 bridgehead atoms. The van der Waals surface area contributed by atoms with Crippen molar-refractivity contribution < 1.29 is 9.18 Å². The number of carbonyl (C=O) groups excluding carboxylic acids is 1. The third kappa shape index (κ3) is 3.37. The topological polar surface area (TPSA) is 48.1 Å². The fourth-order valence-electron chi connectivity index (χ4n) is 4.18. The molecular weight excluding hydrogens is 445 g/mol. The number of para-hydroxylation sites is 1. The van der Waals surface area contributed by atoms with Crippen LogP contribution in [0.1, 0.15) is 22.9 Å². The van der Waals surface area contributed by atoms with Crippen LogP contribution in [0.2, 0.25) is 0 Å². The van der Waals surface area contributed by atoms with Gasteiger partial charge >= 0.3 is 6.03 Å². The first-order valence-electron chi connectivity index (χ1n) is 9.78. The molecule has 0 saturated carbocycles. The number of halogens is 2. The van der Waals surface area contributed by atoms with Gasteiger partial charge in [0, 0.05) is 33.3 Å². The molecule has 1 aliphatic heterocycles. The van der Waals surface area contributed by atoms with Crippen LogP contribution in [0.3, 0.4) is 0 Å². The lowest BCUT2D eigenvalue weighted by molar-refractivity contribution is 0.193. The summed E-state index contributed by atoms with van der Waals surface area (Å²) in [6.07, 6.45) is 0.755. The van der Waals surface area contributed by atoms with E-state index in [9.17, 15) is 9.18 Å². The number of rotatable bonds is 2. The SMILES string of the molecule is O=C(Nc1ccc(Br)cc1)N1CCc2c([nH]c3ccccc23)C1c1ccc(F)cc1. The van der Waals surface area contributed by atoms with E-state index in [1.54, 1.807) is 12.1 Å². The van der Waals surface area contributed by atoms with Crippen molar-refractivity contribution in [3.63, 3.8) is 0 Å². The molecule has 1 aromatic heterocycles. The number of benzene rings is 3. The molecule has 30 heavy (non-hydrogen) atoms. The van der Waals surface area contributed by atoms with Gasteiger partial charge in [0.25, 0.3) is 0 Å². The summed E-state index contributed by atoms with van der Waals surface area (Å²) in [4.78, 5) is 18.6. The molecule has 0 fully saturated rings. The molecule has 2 N–H and O–H groups in total. The Bertz CT molecular complexity index is 1220. The lowest BCUT2D eigenvalue weighted by Crippen LogP contribution is -2.43. The Morgan fingerprint density at radius 1 is 1.03 bits per heavy atom. The zero-order chi connectivity index (χ0) is 20.7. The van der Waals surface area contributed by atoms with Gasteiger partial charge in [-0.2, -0.15) is 0 Å². The summed E-state index contributed by atoms with van der Waals surface area (Å²) in [7, 11) is 0. The Kier molecular flexibility index (Phi) is 4.79. The smallest absolute Gasteiger partial charge is 0.322 e. The number of urea groups is 1. The van der Waals surface area contributed by atoms with Gasteiger partial charge in [0.15, 0.2) is 0 Å². The number of hydrogen-bond donors (Lipinski definition) is 2. The minimum absolute atomic E-state index is 0.184. The number of H-pyrrole nitrogens is 1. The maximum absolute atomic E-state index is 13.6. The van der Waals surface area contributed by atoms with E-state index in [1.165, 1.54) is 23.1 Å². The van der Waals surface area contributed by atoms with Gasteiger partial charge in [0.05, 0.1) is 6.04 Å². The van der Waals surface area contributed by atoms with E-state index in [0.717, 1.165) is 33.4 Å². The van der Waals surface area contributed by atoms with Crippen LogP contribution in [0.5, 0.6) is 0 Å². The second-order valence-corrected chi connectivity index (χ2v) is 8.31. The Morgan fingerprint density at radius 2 is 1.77 bits per heavy atom. The predicted octanol–water partition coefficient (Wildman–Crippen LogP) is 6.25. The highest BCUT2D eigenvalue weighted by atomic mass is 79.9. The molecule has 1 unspecified atom stereocenters. The third-order valence-corrected chi connectivity index (χ3v) is 6.11. The number of nitrogens with zero attached hydrogens (tertiary/aromatic N) is 1. The fraction of sp³-hybridized carbons (Fsp3) is 0.125. The average molecular weight is 464 g/mol. The second-order valence-electron chi connectivity index (χ2n) is 7.40. The molecule has 2 amide bonds. The van der Waals surface area contributed by atoms with Crippen molar-refractivity contribution in [1.29, 1.82) is 0 Å². The number of fused-ring (bicyclic) bond motifs is 3. The summed E-state index contributed by atoms with van der Waals surface area (Å²) >= 11 is 3.41. The Hall–Kier alpha value is -3.12. The predicted molar refractivity (Wildman–Crippen MR) is 120 cm³/mol. The summed E-state index contributed by atoms with van der Waals surface area (Å²) < 4.78 is 14.5. The van der Waals surface area contributed by atoms with Crippen LogP contribution in [-0.2, 0) is 6.42 Å². The van der Waals surface area contributed by atoms with Crippen molar-refractivity contribution in [2.75, 3.05) is 11.9 Å². The molecule has 1 atom stereocenters. The maximum Gasteiger partial charge on any atom is 0.322 e. The second kappa shape index (κ2) is 7.61. The number of carbonyl (C=O) groups is 1.